The quantitative estimate of drug-likeness (QED) is 0.624. The van der Waals surface area contributed by atoms with E-state index in [1.165, 1.54) is 11.6 Å². The lowest BCUT2D eigenvalue weighted by molar-refractivity contribution is 0.102. The minimum absolute atomic E-state index is 0.117. The van der Waals surface area contributed by atoms with Gasteiger partial charge in [-0.25, -0.2) is 0 Å². The molecule has 0 fully saturated rings. The number of phenolic OH excluding ortho intramolecular Hbond substituents is 2. The Labute approximate surface area is 146 Å². The van der Waals surface area contributed by atoms with Crippen LogP contribution >= 0.6 is 0 Å². The number of carbonyl (C=O) groups excluding carboxylic acids is 1. The molecule has 0 unspecified atom stereocenters. The largest absolute Gasteiger partial charge is 0.507 e. The summed E-state index contributed by atoms with van der Waals surface area (Å²) in [6, 6.07) is 16.2. The van der Waals surface area contributed by atoms with Crippen LogP contribution in [0.15, 0.2) is 54.6 Å². The van der Waals surface area contributed by atoms with Gasteiger partial charge in [-0.1, -0.05) is 49.7 Å². The van der Waals surface area contributed by atoms with E-state index >= 15 is 0 Å². The van der Waals surface area contributed by atoms with E-state index < -0.39 is 5.91 Å². The lowest BCUT2D eigenvalue weighted by Gasteiger charge is -2.11. The second-order valence-corrected chi connectivity index (χ2v) is 6.10. The highest BCUT2D eigenvalue weighted by Crippen LogP contribution is 2.35. The number of hydrogen-bond donors (Lipinski definition) is 3. The number of nitrogens with one attached hydrogen (secondary N) is 1. The Kier molecular flexibility index (Phi) is 4.89. The summed E-state index contributed by atoms with van der Waals surface area (Å²) < 4.78 is 0. The number of amides is 1. The lowest BCUT2D eigenvalue weighted by Crippen LogP contribution is -2.12. The summed E-state index contributed by atoms with van der Waals surface area (Å²) in [7, 11) is 0. The molecular formula is C21H21NO3. The van der Waals surface area contributed by atoms with E-state index in [0.29, 0.717) is 16.5 Å². The molecule has 4 nitrogen and oxygen atoms in total. The minimum atomic E-state index is -0.540. The van der Waals surface area contributed by atoms with Crippen molar-refractivity contribution in [2.75, 3.05) is 5.32 Å². The molecule has 0 saturated heterocycles. The molecule has 0 aliphatic rings. The SMILES string of the molecule is CCCCc1ccc(NC(=O)c2c(O)cc3ccccc3c2O)cc1. The highest BCUT2D eigenvalue weighted by molar-refractivity contribution is 6.12. The molecule has 4 heteroatoms. The zero-order valence-electron chi connectivity index (χ0n) is 14.1. The molecule has 3 aromatic carbocycles. The van der Waals surface area contributed by atoms with Crippen molar-refractivity contribution in [1.29, 1.82) is 0 Å². The smallest absolute Gasteiger partial charge is 0.263 e. The maximum absolute atomic E-state index is 12.5. The molecule has 0 aliphatic heterocycles. The van der Waals surface area contributed by atoms with Crippen LogP contribution in [-0.4, -0.2) is 16.1 Å². The molecule has 0 saturated carbocycles. The fourth-order valence-electron chi connectivity index (χ4n) is 2.87. The van der Waals surface area contributed by atoms with E-state index in [1.54, 1.807) is 24.3 Å². The number of anilines is 1. The van der Waals surface area contributed by atoms with Crippen LogP contribution in [0.2, 0.25) is 0 Å². The molecule has 0 spiro atoms. The Morgan fingerprint density at radius 3 is 2.48 bits per heavy atom. The van der Waals surface area contributed by atoms with Gasteiger partial charge in [0.2, 0.25) is 0 Å². The Hall–Kier alpha value is -3.01. The molecule has 0 aromatic heterocycles. The van der Waals surface area contributed by atoms with Gasteiger partial charge >= 0.3 is 0 Å². The predicted octanol–water partition coefficient (Wildman–Crippen LogP) is 4.85. The molecule has 3 aromatic rings. The van der Waals surface area contributed by atoms with Gasteiger partial charge in [0.05, 0.1) is 0 Å². The second kappa shape index (κ2) is 7.26. The fourth-order valence-corrected chi connectivity index (χ4v) is 2.87. The lowest BCUT2D eigenvalue weighted by atomic mass is 10.0. The van der Waals surface area contributed by atoms with Crippen LogP contribution in [0.4, 0.5) is 5.69 Å². The van der Waals surface area contributed by atoms with Crippen molar-refractivity contribution < 1.29 is 15.0 Å². The number of aromatic hydroxyl groups is 2. The molecule has 128 valence electrons. The van der Waals surface area contributed by atoms with Gasteiger partial charge < -0.3 is 15.5 Å². The number of hydrogen-bond acceptors (Lipinski definition) is 3. The van der Waals surface area contributed by atoms with Gasteiger partial charge in [-0.2, -0.15) is 0 Å². The van der Waals surface area contributed by atoms with Crippen molar-refractivity contribution in [3.63, 3.8) is 0 Å². The van der Waals surface area contributed by atoms with Crippen molar-refractivity contribution in [2.45, 2.75) is 26.2 Å². The Balaban J connectivity index is 1.85. The van der Waals surface area contributed by atoms with E-state index in [2.05, 4.69) is 12.2 Å². The number of aryl methyl sites for hydroxylation is 1. The van der Waals surface area contributed by atoms with Gasteiger partial charge in [-0.05, 0) is 42.0 Å². The van der Waals surface area contributed by atoms with Crippen molar-refractivity contribution in [3.8, 4) is 11.5 Å². The van der Waals surface area contributed by atoms with E-state index in [0.717, 1.165) is 19.3 Å². The van der Waals surface area contributed by atoms with Crippen molar-refractivity contribution >= 4 is 22.4 Å². The van der Waals surface area contributed by atoms with Gasteiger partial charge in [0.1, 0.15) is 17.1 Å². The maximum atomic E-state index is 12.5. The summed E-state index contributed by atoms with van der Waals surface area (Å²) in [5.41, 5.74) is 1.72. The summed E-state index contributed by atoms with van der Waals surface area (Å²) in [5, 5.41) is 24.5. The van der Waals surface area contributed by atoms with Crippen molar-refractivity contribution in [1.82, 2.24) is 0 Å². The average Bonchev–Trinajstić information content (AvgIpc) is 2.61. The third-order valence-electron chi connectivity index (χ3n) is 4.26. The summed E-state index contributed by atoms with van der Waals surface area (Å²) in [6.45, 7) is 2.15. The molecule has 25 heavy (non-hydrogen) atoms. The predicted molar refractivity (Wildman–Crippen MR) is 100 cm³/mol. The topological polar surface area (TPSA) is 69.6 Å². The number of rotatable bonds is 5. The zero-order valence-corrected chi connectivity index (χ0v) is 14.1. The van der Waals surface area contributed by atoms with Crippen LogP contribution in [0.5, 0.6) is 11.5 Å². The Morgan fingerprint density at radius 2 is 1.76 bits per heavy atom. The van der Waals surface area contributed by atoms with Gasteiger partial charge in [-0.3, -0.25) is 4.79 Å². The highest BCUT2D eigenvalue weighted by Gasteiger charge is 2.19. The summed E-state index contributed by atoms with van der Waals surface area (Å²) in [4.78, 5) is 12.5. The maximum Gasteiger partial charge on any atom is 0.263 e. The number of fused-ring (bicyclic) bond motifs is 1. The number of unbranched alkanes of at least 4 members (excludes halogenated alkanes) is 1. The average molecular weight is 335 g/mol. The third kappa shape index (κ3) is 3.58. The molecule has 0 radical (unpaired) electrons. The van der Waals surface area contributed by atoms with Gasteiger partial charge in [0, 0.05) is 11.1 Å². The van der Waals surface area contributed by atoms with Crippen LogP contribution in [0.1, 0.15) is 35.7 Å². The number of phenols is 2. The van der Waals surface area contributed by atoms with Crippen LogP contribution < -0.4 is 5.32 Å². The van der Waals surface area contributed by atoms with Gasteiger partial charge in [0.15, 0.2) is 0 Å². The molecular weight excluding hydrogens is 314 g/mol. The van der Waals surface area contributed by atoms with Crippen LogP contribution in [-0.2, 0) is 6.42 Å². The summed E-state index contributed by atoms with van der Waals surface area (Å²) in [6.07, 6.45) is 3.28. The summed E-state index contributed by atoms with van der Waals surface area (Å²) in [5.74, 6) is -0.997. The minimum Gasteiger partial charge on any atom is -0.507 e. The second-order valence-electron chi connectivity index (χ2n) is 6.10. The molecule has 3 rings (SSSR count). The van der Waals surface area contributed by atoms with Gasteiger partial charge in [0.25, 0.3) is 5.91 Å². The zero-order chi connectivity index (χ0) is 17.8. The number of carbonyl (C=O) groups is 1. The molecule has 0 bridgehead atoms. The fraction of sp³-hybridized carbons (Fsp3) is 0.190. The van der Waals surface area contributed by atoms with E-state index in [9.17, 15) is 15.0 Å². The molecule has 3 N–H and O–H groups in total. The Morgan fingerprint density at radius 1 is 1.04 bits per heavy atom. The molecule has 0 heterocycles. The van der Waals surface area contributed by atoms with E-state index in [1.807, 2.05) is 24.3 Å². The van der Waals surface area contributed by atoms with Crippen LogP contribution in [0.3, 0.4) is 0 Å². The first kappa shape index (κ1) is 16.8. The molecule has 0 atom stereocenters. The number of benzene rings is 3. The highest BCUT2D eigenvalue weighted by atomic mass is 16.3. The van der Waals surface area contributed by atoms with E-state index in [4.69, 9.17) is 0 Å². The van der Waals surface area contributed by atoms with Crippen LogP contribution in [0, 0.1) is 0 Å². The molecule has 1 amide bonds. The molecule has 0 aliphatic carbocycles. The van der Waals surface area contributed by atoms with Crippen molar-refractivity contribution in [2.24, 2.45) is 0 Å². The first-order valence-electron chi connectivity index (χ1n) is 8.44. The van der Waals surface area contributed by atoms with Crippen molar-refractivity contribution in [3.05, 3.63) is 65.7 Å². The first-order valence-corrected chi connectivity index (χ1v) is 8.44. The normalized spacial score (nSPS) is 10.8. The van der Waals surface area contributed by atoms with E-state index in [-0.39, 0.29) is 17.1 Å². The Bertz CT molecular complexity index is 901. The third-order valence-corrected chi connectivity index (χ3v) is 4.26. The summed E-state index contributed by atoms with van der Waals surface area (Å²) >= 11 is 0. The first-order chi connectivity index (χ1) is 12.1. The van der Waals surface area contributed by atoms with Crippen LogP contribution in [0.25, 0.3) is 10.8 Å². The van der Waals surface area contributed by atoms with Gasteiger partial charge in [-0.15, -0.1) is 0 Å². The monoisotopic (exact) mass is 335 g/mol. The standard InChI is InChI=1S/C21H21NO3/c1-2-3-6-14-9-11-16(12-10-14)22-21(25)19-18(23)13-15-7-4-5-8-17(15)20(19)24/h4-5,7-13,23-24H,2-3,6H2,1H3,(H,22,25).